The summed E-state index contributed by atoms with van der Waals surface area (Å²) >= 11 is 0. The smallest absolute Gasteiger partial charge is 0.213 e. The highest BCUT2D eigenvalue weighted by Gasteiger charge is 2.28. The van der Waals surface area contributed by atoms with Crippen LogP contribution in [0.1, 0.15) is 39.2 Å². The maximum absolute atomic E-state index is 12.0. The van der Waals surface area contributed by atoms with Crippen molar-refractivity contribution in [2.24, 2.45) is 4.99 Å². The minimum absolute atomic E-state index is 0.152. The highest BCUT2D eigenvalue weighted by molar-refractivity contribution is 7.89. The molecule has 0 aliphatic carbocycles. The molecule has 1 saturated heterocycles. The number of piperidine rings is 1. The summed E-state index contributed by atoms with van der Waals surface area (Å²) < 4.78 is 36.4. The van der Waals surface area contributed by atoms with Crippen LogP contribution in [0.5, 0.6) is 11.5 Å². The molecule has 1 aromatic rings. The van der Waals surface area contributed by atoms with E-state index in [1.807, 2.05) is 18.2 Å². The zero-order valence-corrected chi connectivity index (χ0v) is 19.8. The van der Waals surface area contributed by atoms with Gasteiger partial charge in [-0.15, -0.1) is 0 Å². The van der Waals surface area contributed by atoms with E-state index in [9.17, 15) is 8.42 Å². The number of aliphatic imine (C=N–C) groups is 1. The first-order valence-electron chi connectivity index (χ1n) is 10.3. The number of nitrogens with zero attached hydrogens (tertiary/aromatic N) is 2. The normalized spacial score (nSPS) is 16.9. The lowest BCUT2D eigenvalue weighted by Crippen LogP contribution is -2.51. The Labute approximate surface area is 181 Å². The number of hydrogen-bond acceptors (Lipinski definition) is 5. The van der Waals surface area contributed by atoms with Crippen LogP contribution in [-0.4, -0.2) is 71.4 Å². The second kappa shape index (κ2) is 10.3. The van der Waals surface area contributed by atoms with E-state index in [-0.39, 0.29) is 17.2 Å². The zero-order valence-electron chi connectivity index (χ0n) is 19.0. The van der Waals surface area contributed by atoms with Crippen LogP contribution in [0.15, 0.2) is 23.2 Å². The van der Waals surface area contributed by atoms with E-state index < -0.39 is 10.0 Å². The minimum Gasteiger partial charge on any atom is -0.493 e. The quantitative estimate of drug-likeness (QED) is 0.474. The second-order valence-electron chi connectivity index (χ2n) is 8.10. The number of nitrogens with one attached hydrogen (secondary N) is 2. The molecular weight excluding hydrogens is 404 g/mol. The van der Waals surface area contributed by atoms with Crippen molar-refractivity contribution in [3.05, 3.63) is 23.8 Å². The molecule has 1 aromatic carbocycles. The number of hydrogen-bond donors (Lipinski definition) is 2. The summed E-state index contributed by atoms with van der Waals surface area (Å²) in [6, 6.07) is 6.16. The van der Waals surface area contributed by atoms with Crippen LogP contribution in [0.25, 0.3) is 0 Å². The van der Waals surface area contributed by atoms with Crippen molar-refractivity contribution in [1.82, 2.24) is 14.9 Å². The summed E-state index contributed by atoms with van der Waals surface area (Å²) in [6.07, 6.45) is 1.53. The van der Waals surface area contributed by atoms with Crippen molar-refractivity contribution in [2.45, 2.75) is 45.1 Å². The summed E-state index contributed by atoms with van der Waals surface area (Å²) in [5, 5.41) is 6.84. The molecule has 0 spiro atoms. The van der Waals surface area contributed by atoms with Gasteiger partial charge in [0.2, 0.25) is 10.0 Å². The summed E-state index contributed by atoms with van der Waals surface area (Å²) in [4.78, 5) is 4.34. The molecule has 0 aromatic heterocycles. The van der Waals surface area contributed by atoms with Crippen LogP contribution >= 0.6 is 0 Å². The number of sulfonamides is 1. The molecule has 9 heteroatoms. The summed E-state index contributed by atoms with van der Waals surface area (Å²) in [5.74, 6) is 2.29. The van der Waals surface area contributed by atoms with Crippen molar-refractivity contribution in [1.29, 1.82) is 0 Å². The average molecular weight is 441 g/mol. The van der Waals surface area contributed by atoms with Crippen molar-refractivity contribution in [2.75, 3.05) is 46.7 Å². The second-order valence-corrected chi connectivity index (χ2v) is 10.4. The summed E-state index contributed by atoms with van der Waals surface area (Å²) in [7, 11) is 1.90. The van der Waals surface area contributed by atoms with Crippen LogP contribution in [0.2, 0.25) is 0 Å². The Kier molecular flexibility index (Phi) is 8.37. The third-order valence-electron chi connectivity index (χ3n) is 5.64. The maximum atomic E-state index is 12.0. The van der Waals surface area contributed by atoms with Gasteiger partial charge in [-0.1, -0.05) is 19.9 Å². The molecule has 0 bridgehead atoms. The van der Waals surface area contributed by atoms with Gasteiger partial charge in [0.25, 0.3) is 0 Å². The number of ether oxygens (including phenoxy) is 2. The van der Waals surface area contributed by atoms with Crippen LogP contribution < -0.4 is 20.1 Å². The van der Waals surface area contributed by atoms with Crippen LogP contribution in [0.3, 0.4) is 0 Å². The van der Waals surface area contributed by atoms with Gasteiger partial charge >= 0.3 is 0 Å². The molecule has 1 fully saturated rings. The van der Waals surface area contributed by atoms with Gasteiger partial charge in [-0.2, -0.15) is 0 Å². The lowest BCUT2D eigenvalue weighted by molar-refractivity contribution is 0.306. The van der Waals surface area contributed by atoms with Crippen molar-refractivity contribution in [3.8, 4) is 11.5 Å². The van der Waals surface area contributed by atoms with Gasteiger partial charge in [-0.05, 0) is 37.5 Å². The fraction of sp³-hybridized carbons (Fsp3) is 0.667. The lowest BCUT2D eigenvalue weighted by atomic mass is 9.84. The molecule has 1 heterocycles. The minimum atomic E-state index is -3.11. The Hall–Kier alpha value is -2.00. The molecule has 1 aliphatic heterocycles. The molecule has 8 nitrogen and oxygen atoms in total. The van der Waals surface area contributed by atoms with Crippen LogP contribution in [0.4, 0.5) is 0 Å². The van der Waals surface area contributed by atoms with Crippen LogP contribution in [0, 0.1) is 0 Å². The number of rotatable bonds is 8. The van der Waals surface area contributed by atoms with Crippen molar-refractivity contribution in [3.63, 3.8) is 0 Å². The van der Waals surface area contributed by atoms with Gasteiger partial charge in [0.05, 0.1) is 20.0 Å². The molecule has 170 valence electrons. The molecular formula is C21H36N4O4S. The van der Waals surface area contributed by atoms with Gasteiger partial charge in [-0.25, -0.2) is 12.7 Å². The number of benzene rings is 1. The Bertz CT molecular complexity index is 831. The molecule has 1 aliphatic rings. The van der Waals surface area contributed by atoms with E-state index in [0.29, 0.717) is 31.1 Å². The van der Waals surface area contributed by atoms with E-state index >= 15 is 0 Å². The van der Waals surface area contributed by atoms with E-state index in [4.69, 9.17) is 9.47 Å². The largest absolute Gasteiger partial charge is 0.493 e. The standard InChI is InChI=1S/C21H36N4O4S/c1-7-30(26,27)25-12-10-17(11-13-25)24-20(22-4)23-15-21(2,3)16-8-9-18(28-5)19(14-16)29-6/h8-9,14,17H,7,10-13,15H2,1-6H3,(H2,22,23,24). The maximum Gasteiger partial charge on any atom is 0.213 e. The van der Waals surface area contributed by atoms with E-state index in [0.717, 1.165) is 24.4 Å². The van der Waals surface area contributed by atoms with Crippen molar-refractivity contribution < 1.29 is 17.9 Å². The zero-order chi connectivity index (χ0) is 22.4. The highest BCUT2D eigenvalue weighted by Crippen LogP contribution is 2.32. The Morgan fingerprint density at radius 1 is 1.20 bits per heavy atom. The Morgan fingerprint density at radius 2 is 1.83 bits per heavy atom. The highest BCUT2D eigenvalue weighted by atomic mass is 32.2. The topological polar surface area (TPSA) is 92.3 Å². The predicted octanol–water partition coefficient (Wildman–Crippen LogP) is 1.96. The SMILES string of the molecule is CCS(=O)(=O)N1CCC(NC(=NC)NCC(C)(C)c2ccc(OC)c(OC)c2)CC1. The monoisotopic (exact) mass is 440 g/mol. The third-order valence-corrected chi connectivity index (χ3v) is 7.52. The lowest BCUT2D eigenvalue weighted by Gasteiger charge is -2.33. The third kappa shape index (κ3) is 6.01. The van der Waals surface area contributed by atoms with Gasteiger partial charge < -0.3 is 20.1 Å². The number of methoxy groups -OCH3 is 2. The van der Waals surface area contributed by atoms with E-state index in [1.165, 1.54) is 0 Å². The van der Waals surface area contributed by atoms with Gasteiger partial charge in [0.15, 0.2) is 17.5 Å². The van der Waals surface area contributed by atoms with E-state index in [1.54, 1.807) is 32.5 Å². The molecule has 30 heavy (non-hydrogen) atoms. The Morgan fingerprint density at radius 3 is 2.37 bits per heavy atom. The van der Waals surface area contributed by atoms with E-state index in [2.05, 4.69) is 29.5 Å². The van der Waals surface area contributed by atoms with Crippen molar-refractivity contribution >= 4 is 16.0 Å². The predicted molar refractivity (Wildman–Crippen MR) is 121 cm³/mol. The Balaban J connectivity index is 1.94. The average Bonchev–Trinajstić information content (AvgIpc) is 2.76. The molecule has 2 N–H and O–H groups in total. The molecule has 0 saturated carbocycles. The molecule has 2 rings (SSSR count). The number of guanidine groups is 1. The van der Waals surface area contributed by atoms with Gasteiger partial charge in [0.1, 0.15) is 0 Å². The first kappa shape index (κ1) is 24.3. The molecule has 0 amide bonds. The first-order valence-corrected chi connectivity index (χ1v) is 11.9. The first-order chi connectivity index (χ1) is 14.2. The summed E-state index contributed by atoms with van der Waals surface area (Å²) in [6.45, 7) is 7.76. The van der Waals surface area contributed by atoms with Gasteiger partial charge in [0, 0.05) is 38.1 Å². The fourth-order valence-corrected chi connectivity index (χ4v) is 4.65. The van der Waals surface area contributed by atoms with Gasteiger partial charge in [-0.3, -0.25) is 4.99 Å². The molecule has 0 atom stereocenters. The van der Waals surface area contributed by atoms with Crippen LogP contribution in [-0.2, 0) is 15.4 Å². The molecule has 0 radical (unpaired) electrons. The fourth-order valence-electron chi connectivity index (χ4n) is 3.51. The molecule has 0 unspecified atom stereocenters. The summed E-state index contributed by atoms with van der Waals surface area (Å²) in [5.41, 5.74) is 0.955.